The molecule has 0 heterocycles. The van der Waals surface area contributed by atoms with Crippen LogP contribution < -0.4 is 21.3 Å². The Morgan fingerprint density at radius 3 is 1.40 bits per heavy atom. The minimum absolute atomic E-state index is 0.00726. The maximum Gasteiger partial charge on any atom is 0.408 e. The van der Waals surface area contributed by atoms with Gasteiger partial charge >= 0.3 is 30.1 Å². The normalized spacial score (nSPS) is 14.0. The molecule has 0 saturated heterocycles. The summed E-state index contributed by atoms with van der Waals surface area (Å²) in [6.07, 6.45) is -1.91. The minimum Gasteiger partial charge on any atom is -0.467 e. The number of amides is 4. The number of rotatable bonds is 17. The molecule has 4 N–H and O–H groups in total. The third-order valence-corrected chi connectivity index (χ3v) is 6.88. The Hall–Kier alpha value is -3.76. The molecule has 16 nitrogen and oxygen atoms in total. The molecule has 0 aromatic rings. The van der Waals surface area contributed by atoms with Crippen LogP contribution in [0.1, 0.15) is 74.7 Å². The van der Waals surface area contributed by atoms with Crippen molar-refractivity contribution in [1.29, 1.82) is 0 Å². The van der Waals surface area contributed by atoms with Crippen molar-refractivity contribution in [2.45, 2.75) is 110 Å². The second-order valence-corrected chi connectivity index (χ2v) is 13.9. The molecule has 0 unspecified atom stereocenters. The Labute approximate surface area is 280 Å². The van der Waals surface area contributed by atoms with Crippen molar-refractivity contribution >= 4 is 53.7 Å². The lowest BCUT2D eigenvalue weighted by Gasteiger charge is -2.25. The van der Waals surface area contributed by atoms with Crippen molar-refractivity contribution in [3.05, 3.63) is 0 Å². The van der Waals surface area contributed by atoms with Crippen LogP contribution in [0.25, 0.3) is 0 Å². The molecule has 270 valence electrons. The van der Waals surface area contributed by atoms with Crippen molar-refractivity contribution in [3.8, 4) is 0 Å². The zero-order chi connectivity index (χ0) is 36.5. The number of hydrogen-bond donors (Lipinski definition) is 4. The number of hydrogen-bond acceptors (Lipinski definition) is 13. The van der Waals surface area contributed by atoms with Crippen LogP contribution in [-0.2, 0) is 47.7 Å². The highest BCUT2D eigenvalue weighted by Gasteiger charge is 2.31. The summed E-state index contributed by atoms with van der Waals surface area (Å²) in [6, 6.07) is -4.55. The van der Waals surface area contributed by atoms with Gasteiger partial charge < -0.3 is 45.0 Å². The molecule has 4 atom stereocenters. The molecule has 0 bridgehead atoms. The Balaban J connectivity index is 5.45. The fourth-order valence-corrected chi connectivity index (χ4v) is 4.78. The zero-order valence-electron chi connectivity index (χ0n) is 29.2. The first-order valence-electron chi connectivity index (χ1n) is 15.0. The Morgan fingerprint density at radius 1 is 0.596 bits per heavy atom. The van der Waals surface area contributed by atoms with Gasteiger partial charge in [-0.2, -0.15) is 11.8 Å². The number of alkyl carbamates (subject to hydrolysis) is 2. The van der Waals surface area contributed by atoms with Crippen molar-refractivity contribution in [2.24, 2.45) is 5.92 Å². The SMILES string of the molecule is COC(=O)[C@H](CSC[C@@H](NC(=O)CC[C@@H](NC(=O)[C@H](CC(C)C)NC(=O)OC(C)(C)C)C(=O)OC)C(=O)OC)NC(=O)OC(C)(C)C. The van der Waals surface area contributed by atoms with E-state index in [1.54, 1.807) is 41.5 Å². The van der Waals surface area contributed by atoms with Gasteiger partial charge in [-0.3, -0.25) is 9.59 Å². The first-order chi connectivity index (χ1) is 21.6. The van der Waals surface area contributed by atoms with E-state index in [1.807, 2.05) is 13.8 Å². The van der Waals surface area contributed by atoms with E-state index in [4.69, 9.17) is 23.7 Å². The van der Waals surface area contributed by atoms with Crippen LogP contribution in [-0.4, -0.2) is 110 Å². The lowest BCUT2D eigenvalue weighted by Crippen LogP contribution is -2.53. The molecule has 0 fully saturated rings. The number of esters is 3. The van der Waals surface area contributed by atoms with Crippen LogP contribution in [0.3, 0.4) is 0 Å². The number of ether oxygens (including phenoxy) is 5. The van der Waals surface area contributed by atoms with E-state index >= 15 is 0 Å². The summed E-state index contributed by atoms with van der Waals surface area (Å²) in [4.78, 5) is 87.6. The second kappa shape index (κ2) is 20.5. The molecule has 0 radical (unpaired) electrons. The average molecular weight is 693 g/mol. The molecule has 0 aliphatic carbocycles. The van der Waals surface area contributed by atoms with E-state index in [1.165, 1.54) is 0 Å². The van der Waals surface area contributed by atoms with Gasteiger partial charge in [0.1, 0.15) is 35.4 Å². The molecule has 0 aliphatic rings. The number of methoxy groups -OCH3 is 3. The standard InChI is InChI=1S/C30H52N4O12S/c1-17(2)14-19(33-27(40)45-29(3,4)5)23(36)32-18(24(37)42-9)12-13-22(35)31-20(25(38)43-10)15-47-16-21(26(39)44-11)34-28(41)46-30(6,7)8/h17-21H,12-16H2,1-11H3,(H,31,35)(H,32,36)(H,33,40)(H,34,41)/t18-,19+,20-,21+/m1/s1. The van der Waals surface area contributed by atoms with Crippen molar-refractivity contribution in [2.75, 3.05) is 32.8 Å². The topological polar surface area (TPSA) is 214 Å². The Kier molecular flexibility index (Phi) is 18.8. The van der Waals surface area contributed by atoms with Gasteiger partial charge in [0.2, 0.25) is 11.8 Å². The Bertz CT molecular complexity index is 1090. The highest BCUT2D eigenvalue weighted by Crippen LogP contribution is 2.13. The third-order valence-electron chi connectivity index (χ3n) is 5.74. The second-order valence-electron chi connectivity index (χ2n) is 12.9. The zero-order valence-corrected chi connectivity index (χ0v) is 30.0. The van der Waals surface area contributed by atoms with Gasteiger partial charge in [-0.05, 0) is 60.3 Å². The smallest absolute Gasteiger partial charge is 0.408 e. The molecule has 0 aliphatic heterocycles. The molecule has 4 amide bonds. The largest absolute Gasteiger partial charge is 0.467 e. The molecular weight excluding hydrogens is 640 g/mol. The molecule has 0 spiro atoms. The summed E-state index contributed by atoms with van der Waals surface area (Å²) in [5.41, 5.74) is -1.61. The molecule has 47 heavy (non-hydrogen) atoms. The van der Waals surface area contributed by atoms with E-state index in [-0.39, 0.29) is 36.7 Å². The number of carbonyl (C=O) groups is 7. The van der Waals surface area contributed by atoms with Gasteiger partial charge in [-0.1, -0.05) is 13.8 Å². The monoisotopic (exact) mass is 692 g/mol. The molecular formula is C30H52N4O12S. The molecule has 0 aromatic heterocycles. The van der Waals surface area contributed by atoms with Crippen molar-refractivity contribution in [3.63, 3.8) is 0 Å². The number of thioether (sulfide) groups is 1. The van der Waals surface area contributed by atoms with Gasteiger partial charge in [-0.25, -0.2) is 24.0 Å². The molecule has 0 aromatic carbocycles. The van der Waals surface area contributed by atoms with Crippen LogP contribution in [0.2, 0.25) is 0 Å². The first-order valence-corrected chi connectivity index (χ1v) is 16.2. The van der Waals surface area contributed by atoms with E-state index < -0.39 is 77.3 Å². The van der Waals surface area contributed by atoms with Crippen LogP contribution >= 0.6 is 11.8 Å². The third kappa shape index (κ3) is 19.5. The summed E-state index contributed by atoms with van der Waals surface area (Å²) < 4.78 is 24.7. The van der Waals surface area contributed by atoms with Crippen LogP contribution in [0.15, 0.2) is 0 Å². The minimum atomic E-state index is -1.25. The molecule has 0 saturated carbocycles. The van der Waals surface area contributed by atoms with E-state index in [9.17, 15) is 33.6 Å². The fourth-order valence-electron chi connectivity index (χ4n) is 3.73. The predicted octanol–water partition coefficient (Wildman–Crippen LogP) is 1.82. The molecule has 0 rings (SSSR count). The number of nitrogens with one attached hydrogen (secondary N) is 4. The fraction of sp³-hybridized carbons (Fsp3) is 0.767. The first kappa shape index (κ1) is 43.2. The maximum atomic E-state index is 13.1. The summed E-state index contributed by atoms with van der Waals surface area (Å²) >= 11 is 1.05. The average Bonchev–Trinajstić information content (AvgIpc) is 2.94. The van der Waals surface area contributed by atoms with Crippen molar-refractivity contribution < 1.29 is 57.2 Å². The van der Waals surface area contributed by atoms with Gasteiger partial charge in [0, 0.05) is 17.9 Å². The highest BCUT2D eigenvalue weighted by molar-refractivity contribution is 7.99. The molecule has 17 heteroatoms. The van der Waals surface area contributed by atoms with Gasteiger partial charge in [-0.15, -0.1) is 0 Å². The van der Waals surface area contributed by atoms with Gasteiger partial charge in [0.05, 0.1) is 21.3 Å². The summed E-state index contributed by atoms with van der Waals surface area (Å²) in [6.45, 7) is 13.7. The summed E-state index contributed by atoms with van der Waals surface area (Å²) in [5, 5.41) is 9.98. The van der Waals surface area contributed by atoms with Crippen LogP contribution in [0, 0.1) is 5.92 Å². The van der Waals surface area contributed by atoms with E-state index in [0.717, 1.165) is 33.1 Å². The van der Waals surface area contributed by atoms with Crippen LogP contribution in [0.4, 0.5) is 9.59 Å². The van der Waals surface area contributed by atoms with Gasteiger partial charge in [0.25, 0.3) is 0 Å². The lowest BCUT2D eigenvalue weighted by molar-refractivity contribution is -0.146. The van der Waals surface area contributed by atoms with Crippen LogP contribution in [0.5, 0.6) is 0 Å². The van der Waals surface area contributed by atoms with E-state index in [0.29, 0.717) is 0 Å². The van der Waals surface area contributed by atoms with Gasteiger partial charge in [0.15, 0.2) is 0 Å². The number of carbonyl (C=O) groups excluding carboxylic acids is 7. The van der Waals surface area contributed by atoms with E-state index in [2.05, 4.69) is 21.3 Å². The predicted molar refractivity (Wildman–Crippen MR) is 172 cm³/mol. The maximum absolute atomic E-state index is 13.1. The lowest BCUT2D eigenvalue weighted by atomic mass is 10.0. The van der Waals surface area contributed by atoms with Crippen molar-refractivity contribution in [1.82, 2.24) is 21.3 Å². The summed E-state index contributed by atoms with van der Waals surface area (Å²) in [5.74, 6) is -3.74. The highest BCUT2D eigenvalue weighted by atomic mass is 32.2. The quantitative estimate of drug-likeness (QED) is 0.127. The Morgan fingerprint density at radius 2 is 1.00 bits per heavy atom. The summed E-state index contributed by atoms with van der Waals surface area (Å²) in [7, 11) is 3.41.